The van der Waals surface area contributed by atoms with Gasteiger partial charge >= 0.3 is 0 Å². The summed E-state index contributed by atoms with van der Waals surface area (Å²) in [7, 11) is 0. The third kappa shape index (κ3) is 6.25. The Balaban J connectivity index is 1.17. The van der Waals surface area contributed by atoms with Gasteiger partial charge in [0.05, 0.1) is 23.8 Å². The van der Waals surface area contributed by atoms with Crippen LogP contribution in [0.25, 0.3) is 0 Å². The van der Waals surface area contributed by atoms with Gasteiger partial charge in [-0.1, -0.05) is 20.8 Å². The number of hydrogen-bond acceptors (Lipinski definition) is 6. The summed E-state index contributed by atoms with van der Waals surface area (Å²) in [5.41, 5.74) is 1.55. The lowest BCUT2D eigenvalue weighted by atomic mass is 9.90. The van der Waals surface area contributed by atoms with Crippen molar-refractivity contribution in [2.75, 3.05) is 36.8 Å². The van der Waals surface area contributed by atoms with Gasteiger partial charge in [0, 0.05) is 31.3 Å². The zero-order chi connectivity index (χ0) is 23.6. The van der Waals surface area contributed by atoms with Crippen LogP contribution in [-0.4, -0.2) is 59.5 Å². The van der Waals surface area contributed by atoms with Crippen molar-refractivity contribution in [3.05, 3.63) is 17.8 Å². The molecule has 1 aromatic heterocycles. The van der Waals surface area contributed by atoms with Gasteiger partial charge in [0.2, 0.25) is 11.9 Å². The number of nitrogens with one attached hydrogen (secondary N) is 2. The van der Waals surface area contributed by atoms with Crippen LogP contribution in [0.1, 0.15) is 52.0 Å². The molecular formula is C25H37ClN6O. The predicted octanol–water partition coefficient (Wildman–Crippen LogP) is 4.57. The van der Waals surface area contributed by atoms with E-state index in [0.29, 0.717) is 12.4 Å². The van der Waals surface area contributed by atoms with Crippen LogP contribution >= 0.6 is 11.6 Å². The SMILES string of the molecule is Cc1cc(NCC[C@@H]2C[C@@H]2C2CCN(C3=NCC(Cl)C=N3)CC2)cnc1NC(=O)C(C)(C)C. The zero-order valence-corrected chi connectivity index (χ0v) is 21.0. The Morgan fingerprint density at radius 1 is 1.27 bits per heavy atom. The number of carbonyl (C=O) groups is 1. The summed E-state index contributed by atoms with van der Waals surface area (Å²) in [5, 5.41) is 6.39. The fourth-order valence-electron chi connectivity index (χ4n) is 4.79. The lowest BCUT2D eigenvalue weighted by Crippen LogP contribution is -2.39. The molecule has 2 aliphatic heterocycles. The third-order valence-electron chi connectivity index (χ3n) is 7.00. The number of carbonyl (C=O) groups excluding carboxylic acids is 1. The molecule has 4 rings (SSSR count). The molecule has 0 radical (unpaired) electrons. The second-order valence-electron chi connectivity index (χ2n) is 10.7. The molecule has 1 aromatic rings. The third-order valence-corrected chi connectivity index (χ3v) is 7.25. The Morgan fingerprint density at radius 3 is 2.67 bits per heavy atom. The number of amides is 1. The van der Waals surface area contributed by atoms with Crippen LogP contribution in [0.2, 0.25) is 0 Å². The van der Waals surface area contributed by atoms with Crippen molar-refractivity contribution in [1.82, 2.24) is 9.88 Å². The number of aromatic nitrogens is 1. The summed E-state index contributed by atoms with van der Waals surface area (Å²) < 4.78 is 0. The average molecular weight is 473 g/mol. The molecule has 1 unspecified atom stereocenters. The van der Waals surface area contributed by atoms with Gasteiger partial charge in [0.1, 0.15) is 5.82 Å². The minimum Gasteiger partial charge on any atom is -0.384 e. The lowest BCUT2D eigenvalue weighted by Gasteiger charge is -2.33. The van der Waals surface area contributed by atoms with Gasteiger partial charge in [-0.3, -0.25) is 4.79 Å². The van der Waals surface area contributed by atoms with Gasteiger partial charge in [-0.05, 0) is 62.0 Å². The summed E-state index contributed by atoms with van der Waals surface area (Å²) in [6, 6.07) is 2.06. The fraction of sp³-hybridized carbons (Fsp3) is 0.680. The lowest BCUT2D eigenvalue weighted by molar-refractivity contribution is -0.123. The highest BCUT2D eigenvalue weighted by atomic mass is 35.5. The molecule has 0 bridgehead atoms. The molecule has 1 saturated carbocycles. The van der Waals surface area contributed by atoms with Gasteiger partial charge in [-0.15, -0.1) is 11.6 Å². The molecule has 33 heavy (non-hydrogen) atoms. The highest BCUT2D eigenvalue weighted by molar-refractivity contribution is 6.29. The zero-order valence-electron chi connectivity index (χ0n) is 20.3. The van der Waals surface area contributed by atoms with Gasteiger partial charge in [-0.25, -0.2) is 15.0 Å². The maximum absolute atomic E-state index is 12.2. The van der Waals surface area contributed by atoms with Crippen molar-refractivity contribution in [1.29, 1.82) is 0 Å². The van der Waals surface area contributed by atoms with E-state index in [9.17, 15) is 4.79 Å². The first-order valence-electron chi connectivity index (χ1n) is 12.2. The van der Waals surface area contributed by atoms with Crippen molar-refractivity contribution < 1.29 is 4.79 Å². The van der Waals surface area contributed by atoms with E-state index in [0.717, 1.165) is 54.6 Å². The van der Waals surface area contributed by atoms with Crippen molar-refractivity contribution in [2.45, 2.75) is 58.8 Å². The molecule has 1 amide bonds. The van der Waals surface area contributed by atoms with Crippen LogP contribution in [0, 0.1) is 30.1 Å². The van der Waals surface area contributed by atoms with Crippen molar-refractivity contribution in [3.8, 4) is 0 Å². The highest BCUT2D eigenvalue weighted by Gasteiger charge is 2.43. The van der Waals surface area contributed by atoms with Crippen molar-refractivity contribution in [2.24, 2.45) is 33.2 Å². The molecular weight excluding hydrogens is 436 g/mol. The van der Waals surface area contributed by atoms with Crippen LogP contribution in [0.3, 0.4) is 0 Å². The fourth-order valence-corrected chi connectivity index (χ4v) is 4.92. The standard InChI is InChI=1S/C25H37ClN6O/c1-16-11-20(15-28-22(16)31-23(33)25(2,3)4)27-8-5-18-12-21(18)17-6-9-32(10-7-17)24-29-13-19(26)14-30-24/h11,13,15,17-19,21,27H,5-10,12,14H2,1-4H3,(H,28,31,33)/t18-,19?,21-/m1/s1. The summed E-state index contributed by atoms with van der Waals surface area (Å²) in [6.45, 7) is 11.4. The first kappa shape index (κ1) is 24.0. The van der Waals surface area contributed by atoms with Gasteiger partial charge in [0.25, 0.3) is 0 Å². The number of likely N-dealkylation sites (tertiary alicyclic amines) is 1. The van der Waals surface area contributed by atoms with Crippen molar-refractivity contribution in [3.63, 3.8) is 0 Å². The number of aryl methyl sites for hydroxylation is 1. The molecule has 1 saturated heterocycles. The van der Waals surface area contributed by atoms with E-state index in [1.165, 1.54) is 25.7 Å². The van der Waals surface area contributed by atoms with Crippen molar-refractivity contribution >= 4 is 41.2 Å². The van der Waals surface area contributed by atoms with Crippen LogP contribution in [0.4, 0.5) is 11.5 Å². The first-order chi connectivity index (χ1) is 15.7. The smallest absolute Gasteiger partial charge is 0.230 e. The summed E-state index contributed by atoms with van der Waals surface area (Å²) in [4.78, 5) is 27.9. The number of pyridine rings is 1. The largest absolute Gasteiger partial charge is 0.384 e. The number of anilines is 2. The molecule has 1 aliphatic carbocycles. The van der Waals surface area contributed by atoms with Gasteiger partial charge < -0.3 is 15.5 Å². The summed E-state index contributed by atoms with van der Waals surface area (Å²) in [6.07, 6.45) is 8.65. The van der Waals surface area contributed by atoms with Crippen LogP contribution in [0.15, 0.2) is 22.2 Å². The number of rotatable bonds is 6. The Bertz CT molecular complexity index is 916. The van der Waals surface area contributed by atoms with E-state index in [2.05, 4.69) is 36.6 Å². The Hall–Kier alpha value is -2.15. The number of nitrogens with zero attached hydrogens (tertiary/aromatic N) is 4. The molecule has 0 spiro atoms. The summed E-state index contributed by atoms with van der Waals surface area (Å²) in [5.74, 6) is 4.02. The Labute approximate surface area is 202 Å². The average Bonchev–Trinajstić information content (AvgIpc) is 3.55. The summed E-state index contributed by atoms with van der Waals surface area (Å²) >= 11 is 6.04. The van der Waals surface area contributed by atoms with Crippen LogP contribution < -0.4 is 10.6 Å². The highest BCUT2D eigenvalue weighted by Crippen LogP contribution is 2.49. The monoisotopic (exact) mass is 472 g/mol. The Kier molecular flexibility index (Phi) is 7.27. The number of alkyl halides is 1. The second kappa shape index (κ2) is 10.00. The number of halogens is 1. The molecule has 2 N–H and O–H groups in total. The molecule has 2 fully saturated rings. The minimum absolute atomic E-state index is 0.0206. The number of hydrogen-bond donors (Lipinski definition) is 2. The van der Waals surface area contributed by atoms with E-state index >= 15 is 0 Å². The molecule has 180 valence electrons. The quantitative estimate of drug-likeness (QED) is 0.594. The van der Waals surface area contributed by atoms with E-state index in [-0.39, 0.29) is 11.3 Å². The molecule has 3 aliphatic rings. The molecule has 3 heterocycles. The maximum atomic E-state index is 12.2. The maximum Gasteiger partial charge on any atom is 0.230 e. The van der Waals surface area contributed by atoms with Gasteiger partial charge in [-0.2, -0.15) is 0 Å². The molecule has 0 aromatic carbocycles. The molecule has 7 nitrogen and oxygen atoms in total. The number of guanidine groups is 1. The number of aliphatic imine (C=N–C) groups is 2. The second-order valence-corrected chi connectivity index (χ2v) is 11.3. The first-order valence-corrected chi connectivity index (χ1v) is 12.6. The van der Waals surface area contributed by atoms with Crippen LogP contribution in [0.5, 0.6) is 0 Å². The van der Waals surface area contributed by atoms with Gasteiger partial charge in [0.15, 0.2) is 0 Å². The number of piperidine rings is 1. The molecule has 3 atom stereocenters. The van der Waals surface area contributed by atoms with Crippen LogP contribution in [-0.2, 0) is 4.79 Å². The predicted molar refractivity (Wildman–Crippen MR) is 136 cm³/mol. The van der Waals surface area contributed by atoms with E-state index in [1.807, 2.05) is 40.1 Å². The Morgan fingerprint density at radius 2 is 2.03 bits per heavy atom. The molecule has 8 heteroatoms. The van der Waals surface area contributed by atoms with E-state index < -0.39 is 5.41 Å². The van der Waals surface area contributed by atoms with E-state index in [4.69, 9.17) is 11.6 Å². The minimum atomic E-state index is -0.436. The topological polar surface area (TPSA) is 82.0 Å². The normalized spacial score (nSPS) is 25.5. The van der Waals surface area contributed by atoms with E-state index in [1.54, 1.807) is 0 Å².